The van der Waals surface area contributed by atoms with Crippen LogP contribution >= 0.6 is 11.3 Å². The molecule has 0 aliphatic carbocycles. The first-order valence-electron chi connectivity index (χ1n) is 9.27. The van der Waals surface area contributed by atoms with Crippen LogP contribution in [0.25, 0.3) is 0 Å². The molecule has 1 aromatic carbocycles. The molecule has 3 rings (SSSR count). The zero-order chi connectivity index (χ0) is 22.5. The molecule has 0 aliphatic rings. The van der Waals surface area contributed by atoms with Crippen LogP contribution in [-0.2, 0) is 17.8 Å². The van der Waals surface area contributed by atoms with Crippen molar-refractivity contribution < 1.29 is 28.2 Å². The van der Waals surface area contributed by atoms with Gasteiger partial charge in [0.25, 0.3) is 0 Å². The number of hydrogen-bond donors (Lipinski definition) is 2. The van der Waals surface area contributed by atoms with E-state index in [1.165, 1.54) is 29.7 Å². The summed E-state index contributed by atoms with van der Waals surface area (Å²) in [4.78, 5) is 31.8. The third kappa shape index (κ3) is 5.60. The minimum absolute atomic E-state index is 0.0107. The number of amides is 1. The van der Waals surface area contributed by atoms with Gasteiger partial charge in [-0.05, 0) is 18.1 Å². The highest BCUT2D eigenvalue weighted by Crippen LogP contribution is 2.27. The van der Waals surface area contributed by atoms with Crippen molar-refractivity contribution in [1.29, 1.82) is 0 Å². The van der Waals surface area contributed by atoms with E-state index < -0.39 is 29.9 Å². The Morgan fingerprint density at radius 3 is 2.71 bits per heavy atom. The average molecular weight is 447 g/mol. The molecule has 0 spiro atoms. The van der Waals surface area contributed by atoms with Crippen molar-refractivity contribution in [3.63, 3.8) is 0 Å². The van der Waals surface area contributed by atoms with Gasteiger partial charge < -0.3 is 15.2 Å². The highest BCUT2D eigenvalue weighted by molar-refractivity contribution is 7.09. The number of aromatic nitrogens is 2. The first-order chi connectivity index (χ1) is 14.7. The van der Waals surface area contributed by atoms with Crippen molar-refractivity contribution in [3.8, 4) is 5.75 Å². The summed E-state index contributed by atoms with van der Waals surface area (Å²) in [5.74, 6) is -3.86. The molecule has 10 heteroatoms. The smallest absolute Gasteiger partial charge is 0.337 e. The number of thiazole rings is 1. The van der Waals surface area contributed by atoms with E-state index in [1.54, 1.807) is 0 Å². The second kappa shape index (κ2) is 9.61. The van der Waals surface area contributed by atoms with E-state index in [1.807, 2.05) is 19.2 Å². The molecular weight excluding hydrogens is 428 g/mol. The Labute approximate surface area is 180 Å². The number of carbonyl (C=O) groups excluding carboxylic acids is 1. The number of nitrogens with one attached hydrogen (secondary N) is 1. The van der Waals surface area contributed by atoms with E-state index >= 15 is 0 Å². The second-order valence-electron chi connectivity index (χ2n) is 6.90. The molecule has 0 saturated carbocycles. The van der Waals surface area contributed by atoms with Crippen molar-refractivity contribution in [3.05, 3.63) is 69.4 Å². The standard InChI is InChI=1S/C21H19F2N3O4S/c1-11(2)17-10-31-20(26-17)9-30-18-7-16(13(22)6-14(18)23)25-19(27)8-15-12(21(28)29)4-3-5-24-15/h3-7,10-11H,8-9H2,1-2H3,(H,25,27)(H,28,29). The van der Waals surface area contributed by atoms with E-state index in [9.17, 15) is 18.4 Å². The van der Waals surface area contributed by atoms with Gasteiger partial charge in [0, 0.05) is 23.7 Å². The number of pyridine rings is 1. The highest BCUT2D eigenvalue weighted by Gasteiger charge is 2.17. The van der Waals surface area contributed by atoms with Gasteiger partial charge in [-0.25, -0.2) is 18.6 Å². The molecule has 2 N–H and O–H groups in total. The lowest BCUT2D eigenvalue weighted by Crippen LogP contribution is -2.18. The zero-order valence-corrected chi connectivity index (χ0v) is 17.5. The fourth-order valence-electron chi connectivity index (χ4n) is 2.65. The largest absolute Gasteiger partial charge is 0.483 e. The Kier molecular flexibility index (Phi) is 6.91. The van der Waals surface area contributed by atoms with Gasteiger partial charge in [-0.2, -0.15) is 0 Å². The second-order valence-corrected chi connectivity index (χ2v) is 7.84. The van der Waals surface area contributed by atoms with Crippen LogP contribution in [-0.4, -0.2) is 27.0 Å². The summed E-state index contributed by atoms with van der Waals surface area (Å²) < 4.78 is 33.7. The number of halogens is 2. The Bertz CT molecular complexity index is 1120. The fraction of sp³-hybridized carbons (Fsp3) is 0.238. The topological polar surface area (TPSA) is 101 Å². The van der Waals surface area contributed by atoms with E-state index in [-0.39, 0.29) is 35.2 Å². The van der Waals surface area contributed by atoms with Gasteiger partial charge in [0.2, 0.25) is 5.91 Å². The van der Waals surface area contributed by atoms with Crippen LogP contribution in [0, 0.1) is 11.6 Å². The summed E-state index contributed by atoms with van der Waals surface area (Å²) in [5.41, 5.74) is 0.490. The van der Waals surface area contributed by atoms with Crippen LogP contribution in [0.5, 0.6) is 5.75 Å². The third-order valence-electron chi connectivity index (χ3n) is 4.26. The van der Waals surface area contributed by atoms with Crippen LogP contribution in [0.4, 0.5) is 14.5 Å². The van der Waals surface area contributed by atoms with Gasteiger partial charge in [-0.1, -0.05) is 13.8 Å². The van der Waals surface area contributed by atoms with Crippen molar-refractivity contribution in [2.75, 3.05) is 5.32 Å². The predicted octanol–water partition coefficient (Wildman–Crippen LogP) is 4.40. The summed E-state index contributed by atoms with van der Waals surface area (Å²) in [5, 5.41) is 14.0. The molecule has 31 heavy (non-hydrogen) atoms. The quantitative estimate of drug-likeness (QED) is 0.531. The summed E-state index contributed by atoms with van der Waals surface area (Å²) in [6, 6.07) is 4.39. The van der Waals surface area contributed by atoms with Crippen LogP contribution in [0.2, 0.25) is 0 Å². The van der Waals surface area contributed by atoms with Crippen molar-refractivity contribution in [2.24, 2.45) is 0 Å². The van der Waals surface area contributed by atoms with Crippen molar-refractivity contribution in [2.45, 2.75) is 32.8 Å². The number of carbonyl (C=O) groups is 2. The Hall–Kier alpha value is -3.40. The average Bonchev–Trinajstić information content (AvgIpc) is 3.19. The maximum atomic E-state index is 14.2. The molecule has 0 radical (unpaired) electrons. The zero-order valence-electron chi connectivity index (χ0n) is 16.7. The normalized spacial score (nSPS) is 10.9. The number of carboxylic acid groups (broad SMARTS) is 1. The Balaban J connectivity index is 1.71. The maximum absolute atomic E-state index is 14.2. The number of anilines is 1. The molecule has 0 saturated heterocycles. The highest BCUT2D eigenvalue weighted by atomic mass is 32.1. The molecule has 0 unspecified atom stereocenters. The molecule has 0 aliphatic heterocycles. The van der Waals surface area contributed by atoms with Crippen LogP contribution < -0.4 is 10.1 Å². The summed E-state index contributed by atoms with van der Waals surface area (Å²) >= 11 is 1.37. The number of ether oxygens (including phenoxy) is 1. The molecule has 0 bridgehead atoms. The minimum Gasteiger partial charge on any atom is -0.483 e. The van der Waals surface area contributed by atoms with Gasteiger partial charge in [-0.3, -0.25) is 9.78 Å². The van der Waals surface area contributed by atoms with Gasteiger partial charge in [-0.15, -0.1) is 11.3 Å². The first-order valence-corrected chi connectivity index (χ1v) is 10.2. The molecule has 2 aromatic heterocycles. The Morgan fingerprint density at radius 2 is 2.03 bits per heavy atom. The number of nitrogens with zero attached hydrogens (tertiary/aromatic N) is 2. The number of carboxylic acids is 1. The van der Waals surface area contributed by atoms with Crippen LogP contribution in [0.15, 0.2) is 35.8 Å². The van der Waals surface area contributed by atoms with Crippen molar-refractivity contribution in [1.82, 2.24) is 9.97 Å². The van der Waals surface area contributed by atoms with Gasteiger partial charge in [0.15, 0.2) is 11.6 Å². The molecule has 3 aromatic rings. The number of benzene rings is 1. The molecular formula is C21H19F2N3O4S. The molecule has 7 nitrogen and oxygen atoms in total. The third-order valence-corrected chi connectivity index (χ3v) is 5.10. The lowest BCUT2D eigenvalue weighted by molar-refractivity contribution is -0.115. The SMILES string of the molecule is CC(C)c1csc(COc2cc(NC(=O)Cc3ncccc3C(=O)O)c(F)cc2F)n1. The number of rotatable bonds is 8. The van der Waals surface area contributed by atoms with Crippen molar-refractivity contribution >= 4 is 28.9 Å². The number of aromatic carboxylic acids is 1. The van der Waals surface area contributed by atoms with Crippen LogP contribution in [0.1, 0.15) is 46.5 Å². The molecule has 0 fully saturated rings. The lowest BCUT2D eigenvalue weighted by Gasteiger charge is -2.11. The monoisotopic (exact) mass is 447 g/mol. The molecule has 1 amide bonds. The van der Waals surface area contributed by atoms with Gasteiger partial charge in [0.1, 0.15) is 17.4 Å². The lowest BCUT2D eigenvalue weighted by atomic mass is 10.1. The van der Waals surface area contributed by atoms with E-state index in [0.717, 1.165) is 11.8 Å². The Morgan fingerprint density at radius 1 is 1.26 bits per heavy atom. The van der Waals surface area contributed by atoms with E-state index in [2.05, 4.69) is 15.3 Å². The summed E-state index contributed by atoms with van der Waals surface area (Å²) in [6.45, 7) is 3.99. The van der Waals surface area contributed by atoms with Gasteiger partial charge in [0.05, 0.1) is 29.1 Å². The molecule has 162 valence electrons. The maximum Gasteiger partial charge on any atom is 0.337 e. The van der Waals surface area contributed by atoms with E-state index in [4.69, 9.17) is 9.84 Å². The molecule has 2 heterocycles. The summed E-state index contributed by atoms with van der Waals surface area (Å²) in [6.07, 6.45) is 0.954. The van der Waals surface area contributed by atoms with Gasteiger partial charge >= 0.3 is 5.97 Å². The van der Waals surface area contributed by atoms with Crippen LogP contribution in [0.3, 0.4) is 0 Å². The minimum atomic E-state index is -1.23. The molecule has 0 atom stereocenters. The fourth-order valence-corrected chi connectivity index (χ4v) is 3.52. The number of hydrogen-bond acceptors (Lipinski definition) is 6. The predicted molar refractivity (Wildman–Crippen MR) is 110 cm³/mol. The first kappa shape index (κ1) is 22.3. The summed E-state index contributed by atoms with van der Waals surface area (Å²) in [7, 11) is 0. The van der Waals surface area contributed by atoms with E-state index in [0.29, 0.717) is 11.1 Å².